The summed E-state index contributed by atoms with van der Waals surface area (Å²) in [5.74, 6) is -1.35. The predicted octanol–water partition coefficient (Wildman–Crippen LogP) is 0.345. The zero-order valence-electron chi connectivity index (χ0n) is 9.89. The first-order chi connectivity index (χ1) is 8.99. The molecule has 1 aliphatic heterocycles. The molecule has 7 heteroatoms. The van der Waals surface area contributed by atoms with E-state index in [1.807, 2.05) is 0 Å². The number of hydrogen-bond donors (Lipinski definition) is 1. The molecule has 0 unspecified atom stereocenters. The summed E-state index contributed by atoms with van der Waals surface area (Å²) in [7, 11) is 0. The molecule has 0 aromatic heterocycles. The molecule has 1 aromatic rings. The smallest absolute Gasteiger partial charge is 0.255 e. The van der Waals surface area contributed by atoms with E-state index >= 15 is 0 Å². The van der Waals surface area contributed by atoms with Gasteiger partial charge in [-0.25, -0.2) is 4.39 Å². The van der Waals surface area contributed by atoms with Gasteiger partial charge in [0.25, 0.3) is 11.8 Å². The number of ether oxygens (including phenoxy) is 1. The average Bonchev–Trinajstić information content (AvgIpc) is 2.35. The van der Waals surface area contributed by atoms with E-state index < -0.39 is 17.6 Å². The quantitative estimate of drug-likeness (QED) is 0.639. The molecule has 1 aromatic carbocycles. The molecule has 1 saturated heterocycles. The van der Waals surface area contributed by atoms with Crippen molar-refractivity contribution < 1.29 is 18.7 Å². The maximum absolute atomic E-state index is 13.2. The monoisotopic (exact) mass is 282 g/mol. The van der Waals surface area contributed by atoms with Crippen LogP contribution in [0.25, 0.3) is 0 Å². The van der Waals surface area contributed by atoms with Crippen molar-refractivity contribution >= 4 is 29.0 Å². The van der Waals surface area contributed by atoms with Gasteiger partial charge in [0.05, 0.1) is 6.54 Å². The second-order valence-corrected chi connectivity index (χ2v) is 4.47. The van der Waals surface area contributed by atoms with Crippen LogP contribution in [0.4, 0.5) is 4.39 Å². The Morgan fingerprint density at radius 2 is 2.00 bits per heavy atom. The van der Waals surface area contributed by atoms with E-state index in [0.717, 1.165) is 4.90 Å². The summed E-state index contributed by atoms with van der Waals surface area (Å²) >= 11 is 4.83. The standard InChI is InChI=1S/C12H11FN2O3S/c13-8-2-1-7(9(3-8)12(14)19)4-15-10(16)5-18-6-11(15)17/h1-3H,4-6H2,(H2,14,19). The Balaban J connectivity index is 2.30. The highest BCUT2D eigenvalue weighted by Gasteiger charge is 2.27. The van der Waals surface area contributed by atoms with Gasteiger partial charge in [0, 0.05) is 5.56 Å². The van der Waals surface area contributed by atoms with E-state index in [-0.39, 0.29) is 24.7 Å². The Morgan fingerprint density at radius 3 is 2.58 bits per heavy atom. The molecule has 0 saturated carbocycles. The third-order valence-corrected chi connectivity index (χ3v) is 2.94. The summed E-state index contributed by atoms with van der Waals surface area (Å²) in [6.45, 7) is -0.279. The van der Waals surface area contributed by atoms with Gasteiger partial charge < -0.3 is 10.5 Å². The van der Waals surface area contributed by atoms with E-state index in [1.165, 1.54) is 18.2 Å². The van der Waals surface area contributed by atoms with Crippen molar-refractivity contribution in [3.8, 4) is 0 Å². The summed E-state index contributed by atoms with van der Waals surface area (Å²) in [6, 6.07) is 3.87. The van der Waals surface area contributed by atoms with Gasteiger partial charge in [-0.05, 0) is 17.7 Å². The molecular weight excluding hydrogens is 271 g/mol. The lowest BCUT2D eigenvalue weighted by Gasteiger charge is -2.25. The first-order valence-corrected chi connectivity index (χ1v) is 5.89. The van der Waals surface area contributed by atoms with Crippen molar-refractivity contribution in [1.82, 2.24) is 4.90 Å². The Morgan fingerprint density at radius 1 is 1.37 bits per heavy atom. The van der Waals surface area contributed by atoms with E-state index in [1.54, 1.807) is 0 Å². The van der Waals surface area contributed by atoms with Gasteiger partial charge in [0.2, 0.25) is 0 Å². The van der Waals surface area contributed by atoms with E-state index in [9.17, 15) is 14.0 Å². The van der Waals surface area contributed by atoms with Crippen molar-refractivity contribution in [2.24, 2.45) is 5.73 Å². The van der Waals surface area contributed by atoms with Gasteiger partial charge in [-0.2, -0.15) is 0 Å². The number of morpholine rings is 1. The third kappa shape index (κ3) is 2.94. The number of imide groups is 1. The molecule has 19 heavy (non-hydrogen) atoms. The van der Waals surface area contributed by atoms with E-state index in [2.05, 4.69) is 0 Å². The minimum atomic E-state index is -0.480. The fraction of sp³-hybridized carbons (Fsp3) is 0.250. The van der Waals surface area contributed by atoms with Crippen molar-refractivity contribution in [2.45, 2.75) is 6.54 Å². The number of thiocarbonyl (C=S) groups is 1. The number of benzene rings is 1. The normalized spacial score (nSPS) is 15.7. The van der Waals surface area contributed by atoms with Gasteiger partial charge in [-0.15, -0.1) is 0 Å². The lowest BCUT2D eigenvalue weighted by atomic mass is 10.1. The zero-order valence-corrected chi connectivity index (χ0v) is 10.7. The Labute approximate surface area is 114 Å². The molecule has 2 N–H and O–H groups in total. The van der Waals surface area contributed by atoms with Crippen LogP contribution in [0.1, 0.15) is 11.1 Å². The summed E-state index contributed by atoms with van der Waals surface area (Å²) < 4.78 is 18.0. The average molecular weight is 282 g/mol. The van der Waals surface area contributed by atoms with Crippen LogP contribution in [0, 0.1) is 5.82 Å². The number of nitrogens with zero attached hydrogens (tertiary/aromatic N) is 1. The van der Waals surface area contributed by atoms with Crippen LogP contribution < -0.4 is 5.73 Å². The van der Waals surface area contributed by atoms with E-state index in [0.29, 0.717) is 11.1 Å². The van der Waals surface area contributed by atoms with Gasteiger partial charge in [-0.1, -0.05) is 18.3 Å². The number of carbonyl (C=O) groups is 2. The highest BCUT2D eigenvalue weighted by atomic mass is 32.1. The van der Waals surface area contributed by atoms with Gasteiger partial charge in [-0.3, -0.25) is 14.5 Å². The number of nitrogens with two attached hydrogens (primary N) is 1. The van der Waals surface area contributed by atoms with Crippen LogP contribution in [0.15, 0.2) is 18.2 Å². The Bertz CT molecular complexity index is 546. The lowest BCUT2D eigenvalue weighted by molar-refractivity contribution is -0.159. The van der Waals surface area contributed by atoms with Crippen LogP contribution >= 0.6 is 12.2 Å². The van der Waals surface area contributed by atoms with Crippen LogP contribution in [0.2, 0.25) is 0 Å². The molecule has 0 radical (unpaired) electrons. The minimum absolute atomic E-state index is 0.00792. The van der Waals surface area contributed by atoms with Crippen LogP contribution in [0.5, 0.6) is 0 Å². The summed E-state index contributed by atoms with van der Waals surface area (Å²) in [5.41, 5.74) is 6.36. The van der Waals surface area contributed by atoms with Crippen molar-refractivity contribution in [3.05, 3.63) is 35.1 Å². The van der Waals surface area contributed by atoms with Gasteiger partial charge >= 0.3 is 0 Å². The summed E-state index contributed by atoms with van der Waals surface area (Å²) in [4.78, 5) is 24.3. The molecule has 1 heterocycles. The second kappa shape index (κ2) is 5.41. The molecular formula is C12H11FN2O3S. The van der Waals surface area contributed by atoms with E-state index in [4.69, 9.17) is 22.7 Å². The molecule has 1 aliphatic rings. The zero-order chi connectivity index (χ0) is 14.0. The molecule has 0 spiro atoms. The molecule has 0 atom stereocenters. The van der Waals surface area contributed by atoms with Gasteiger partial charge in [0.15, 0.2) is 0 Å². The largest absolute Gasteiger partial charge is 0.389 e. The highest BCUT2D eigenvalue weighted by molar-refractivity contribution is 7.80. The molecule has 1 fully saturated rings. The van der Waals surface area contributed by atoms with Crippen LogP contribution in [-0.2, 0) is 20.9 Å². The number of rotatable bonds is 3. The van der Waals surface area contributed by atoms with Crippen LogP contribution in [-0.4, -0.2) is 34.9 Å². The van der Waals surface area contributed by atoms with Crippen molar-refractivity contribution in [2.75, 3.05) is 13.2 Å². The van der Waals surface area contributed by atoms with Crippen LogP contribution in [0.3, 0.4) is 0 Å². The third-order valence-electron chi connectivity index (χ3n) is 2.72. The summed E-state index contributed by atoms with van der Waals surface area (Å²) in [6.07, 6.45) is 0. The molecule has 0 bridgehead atoms. The maximum atomic E-state index is 13.2. The number of hydrogen-bond acceptors (Lipinski definition) is 4. The Kier molecular flexibility index (Phi) is 3.87. The molecule has 2 rings (SSSR count). The lowest BCUT2D eigenvalue weighted by Crippen LogP contribution is -2.45. The minimum Gasteiger partial charge on any atom is -0.389 e. The predicted molar refractivity (Wildman–Crippen MR) is 68.7 cm³/mol. The maximum Gasteiger partial charge on any atom is 0.255 e. The topological polar surface area (TPSA) is 72.6 Å². The van der Waals surface area contributed by atoms with Crippen molar-refractivity contribution in [1.29, 1.82) is 0 Å². The summed E-state index contributed by atoms with van der Waals surface area (Å²) in [5, 5.41) is 0. The molecule has 0 aliphatic carbocycles. The number of amides is 2. The SMILES string of the molecule is NC(=S)c1cc(F)ccc1CN1C(=O)COCC1=O. The first kappa shape index (κ1) is 13.6. The number of carbonyl (C=O) groups excluding carboxylic acids is 2. The molecule has 2 amide bonds. The van der Waals surface area contributed by atoms with Crippen molar-refractivity contribution in [3.63, 3.8) is 0 Å². The second-order valence-electron chi connectivity index (χ2n) is 4.03. The fourth-order valence-electron chi connectivity index (χ4n) is 1.78. The Hall–Kier alpha value is -1.86. The number of halogens is 1. The molecule has 100 valence electrons. The fourth-order valence-corrected chi connectivity index (χ4v) is 1.97. The first-order valence-electron chi connectivity index (χ1n) is 5.48. The van der Waals surface area contributed by atoms with Gasteiger partial charge in [0.1, 0.15) is 24.0 Å². The molecule has 5 nitrogen and oxygen atoms in total. The highest BCUT2D eigenvalue weighted by Crippen LogP contribution is 2.15.